The van der Waals surface area contributed by atoms with E-state index < -0.39 is 87.6 Å². The Morgan fingerprint density at radius 1 is 0.681 bits per heavy atom. The number of ether oxygens (including phenoxy) is 6. The van der Waals surface area contributed by atoms with E-state index in [1.165, 1.54) is 0 Å². The maximum atomic E-state index is 12.9. The van der Waals surface area contributed by atoms with Gasteiger partial charge >= 0.3 is 30.2 Å². The smallest absolute Gasteiger partial charge is 0.504 e. The van der Waals surface area contributed by atoms with Crippen molar-refractivity contribution in [2.24, 2.45) is 0 Å². The maximum Gasteiger partial charge on any atom is 0.513 e. The van der Waals surface area contributed by atoms with Gasteiger partial charge in [0.1, 0.15) is 11.1 Å². The number of carbonyl (C=O) groups excluding carboxylic acids is 6. The Labute approximate surface area is 263 Å². The standard InChI is InChI=1S/C29H26O18/c1-42-24(35)19-13(5-9-15(30)21(19)46-27(39)44-3)7-11-17(32)23(34)29(41,26(37)38)18(33)12-8-14-6-10-16(31)22(47-28(40)45-4)20(14)25(36)43-2/h5-12,23,30-31,34,41H,1-4H3,(H,37,38). The zero-order chi connectivity index (χ0) is 35.6. The third-order valence-corrected chi connectivity index (χ3v) is 6.03. The van der Waals surface area contributed by atoms with Gasteiger partial charge in [0.05, 0.1) is 28.4 Å². The summed E-state index contributed by atoms with van der Waals surface area (Å²) in [5, 5.41) is 51.1. The molecule has 47 heavy (non-hydrogen) atoms. The molecule has 0 saturated carbocycles. The third kappa shape index (κ3) is 8.07. The Balaban J connectivity index is 2.53. The summed E-state index contributed by atoms with van der Waals surface area (Å²) in [5.41, 5.74) is -5.72. The van der Waals surface area contributed by atoms with E-state index in [4.69, 9.17) is 9.47 Å². The van der Waals surface area contributed by atoms with Crippen molar-refractivity contribution in [3.05, 3.63) is 58.7 Å². The average Bonchev–Trinajstić information content (AvgIpc) is 3.06. The molecule has 2 aromatic carbocycles. The minimum Gasteiger partial charge on any atom is -0.504 e. The highest BCUT2D eigenvalue weighted by molar-refractivity contribution is 6.18. The molecule has 2 atom stereocenters. The van der Waals surface area contributed by atoms with Crippen molar-refractivity contribution >= 4 is 53.9 Å². The van der Waals surface area contributed by atoms with Gasteiger partial charge in [-0.1, -0.05) is 24.3 Å². The third-order valence-electron chi connectivity index (χ3n) is 6.03. The topological polar surface area (TPSA) is 276 Å². The lowest BCUT2D eigenvalue weighted by Crippen LogP contribution is -2.58. The fourth-order valence-corrected chi connectivity index (χ4v) is 3.65. The van der Waals surface area contributed by atoms with Crippen molar-refractivity contribution < 1.29 is 87.5 Å². The van der Waals surface area contributed by atoms with Gasteiger partial charge in [-0.05, 0) is 35.4 Å². The van der Waals surface area contributed by atoms with Gasteiger partial charge in [-0.25, -0.2) is 24.0 Å². The van der Waals surface area contributed by atoms with Crippen molar-refractivity contribution in [3.63, 3.8) is 0 Å². The molecule has 2 unspecified atom stereocenters. The Morgan fingerprint density at radius 2 is 1.09 bits per heavy atom. The van der Waals surface area contributed by atoms with Crippen LogP contribution >= 0.6 is 0 Å². The Bertz CT molecular complexity index is 1670. The highest BCUT2D eigenvalue weighted by Gasteiger charge is 2.52. The van der Waals surface area contributed by atoms with Crippen LogP contribution in [0.1, 0.15) is 31.8 Å². The highest BCUT2D eigenvalue weighted by atomic mass is 16.7. The first-order chi connectivity index (χ1) is 22.1. The quantitative estimate of drug-likeness (QED) is 0.0697. The summed E-state index contributed by atoms with van der Waals surface area (Å²) in [7, 11) is 3.71. The average molecular weight is 663 g/mol. The lowest BCUT2D eigenvalue weighted by molar-refractivity contribution is -0.177. The van der Waals surface area contributed by atoms with Crippen molar-refractivity contribution in [3.8, 4) is 23.0 Å². The first kappa shape index (κ1) is 36.9. The Kier molecular flexibility index (Phi) is 12.3. The molecule has 250 valence electrons. The summed E-state index contributed by atoms with van der Waals surface area (Å²) in [4.78, 5) is 85.8. The molecule has 0 radical (unpaired) electrons. The molecule has 5 N–H and O–H groups in total. The molecule has 0 bridgehead atoms. The van der Waals surface area contributed by atoms with Gasteiger partial charge in [0.15, 0.2) is 34.9 Å². The van der Waals surface area contributed by atoms with Gasteiger partial charge in [-0.15, -0.1) is 0 Å². The number of rotatable bonds is 12. The fourth-order valence-electron chi connectivity index (χ4n) is 3.65. The summed E-state index contributed by atoms with van der Waals surface area (Å²) in [6.45, 7) is 0. The lowest BCUT2D eigenvalue weighted by Gasteiger charge is -2.24. The largest absolute Gasteiger partial charge is 0.513 e. The predicted octanol–water partition coefficient (Wildman–Crippen LogP) is 1.00. The minimum atomic E-state index is -3.84. The number of benzene rings is 2. The van der Waals surface area contributed by atoms with Crippen molar-refractivity contribution in [2.45, 2.75) is 11.7 Å². The van der Waals surface area contributed by atoms with Gasteiger partial charge in [0, 0.05) is 0 Å². The number of phenols is 2. The van der Waals surface area contributed by atoms with E-state index >= 15 is 0 Å². The Hall–Kier alpha value is -6.27. The molecule has 0 aliphatic rings. The number of phenolic OH excluding ortho intramolecular Hbond substituents is 2. The highest BCUT2D eigenvalue weighted by Crippen LogP contribution is 2.36. The van der Waals surface area contributed by atoms with Crippen LogP contribution in [0.5, 0.6) is 23.0 Å². The van der Waals surface area contributed by atoms with Crippen LogP contribution in [0, 0.1) is 0 Å². The number of esters is 2. The second kappa shape index (κ2) is 15.6. The number of hydrogen-bond acceptors (Lipinski definition) is 17. The zero-order valence-corrected chi connectivity index (χ0v) is 24.7. The molecular weight excluding hydrogens is 636 g/mol. The molecule has 0 aliphatic carbocycles. The van der Waals surface area contributed by atoms with Gasteiger partial charge in [0.2, 0.25) is 5.78 Å². The van der Waals surface area contributed by atoms with E-state index in [1.54, 1.807) is 0 Å². The number of aromatic hydroxyl groups is 2. The monoisotopic (exact) mass is 662 g/mol. The SMILES string of the molecule is COC(=O)Oc1c(O)ccc(C=CC(=O)C(O)C(O)(C(=O)O)C(=O)C=Cc2ccc(O)c(OC(=O)OC)c2C(=O)OC)c1C(=O)OC. The van der Waals surface area contributed by atoms with Gasteiger partial charge in [-0.3, -0.25) is 9.59 Å². The van der Waals surface area contributed by atoms with Gasteiger partial charge in [-0.2, -0.15) is 0 Å². The van der Waals surface area contributed by atoms with E-state index in [9.17, 15) is 59.1 Å². The number of aliphatic hydroxyl groups excluding tert-OH is 1. The normalized spacial score (nSPS) is 12.8. The molecule has 0 saturated heterocycles. The van der Waals surface area contributed by atoms with Crippen LogP contribution in [-0.4, -0.2) is 107 Å². The predicted molar refractivity (Wildman–Crippen MR) is 152 cm³/mol. The number of aliphatic carboxylic acids is 1. The summed E-state index contributed by atoms with van der Waals surface area (Å²) < 4.78 is 27.4. The summed E-state index contributed by atoms with van der Waals surface area (Å²) in [6.07, 6.45) is -3.38. The molecule has 0 amide bonds. The molecule has 2 aromatic rings. The molecule has 0 fully saturated rings. The van der Waals surface area contributed by atoms with Gasteiger partial charge < -0.3 is 54.0 Å². The second-order valence-electron chi connectivity index (χ2n) is 8.76. The molecule has 18 nitrogen and oxygen atoms in total. The van der Waals surface area contributed by atoms with Crippen LogP contribution in [-0.2, 0) is 33.3 Å². The van der Waals surface area contributed by atoms with Crippen molar-refractivity contribution in [2.75, 3.05) is 28.4 Å². The number of carbonyl (C=O) groups is 7. The molecule has 2 rings (SSSR count). The van der Waals surface area contributed by atoms with Crippen molar-refractivity contribution in [1.82, 2.24) is 0 Å². The fraction of sp³-hybridized carbons (Fsp3) is 0.207. The minimum absolute atomic E-state index is 0.285. The van der Waals surface area contributed by atoms with E-state index in [-0.39, 0.29) is 11.1 Å². The van der Waals surface area contributed by atoms with Crippen LogP contribution in [0.25, 0.3) is 12.2 Å². The number of methoxy groups -OCH3 is 4. The molecule has 0 spiro atoms. The summed E-state index contributed by atoms with van der Waals surface area (Å²) in [5.74, 6) is -11.2. The summed E-state index contributed by atoms with van der Waals surface area (Å²) >= 11 is 0. The van der Waals surface area contributed by atoms with Gasteiger partial charge in [0.25, 0.3) is 5.60 Å². The maximum absolute atomic E-state index is 12.9. The van der Waals surface area contributed by atoms with E-state index in [2.05, 4.69) is 18.9 Å². The van der Waals surface area contributed by atoms with Crippen molar-refractivity contribution in [1.29, 1.82) is 0 Å². The Morgan fingerprint density at radius 3 is 1.45 bits per heavy atom. The zero-order valence-electron chi connectivity index (χ0n) is 24.7. The molecule has 0 heterocycles. The lowest BCUT2D eigenvalue weighted by atomic mass is 9.88. The second-order valence-corrected chi connectivity index (χ2v) is 8.76. The first-order valence-corrected chi connectivity index (χ1v) is 12.6. The molecular formula is C29H26O18. The number of aliphatic hydroxyl groups is 2. The number of ketones is 2. The first-order valence-electron chi connectivity index (χ1n) is 12.6. The molecule has 0 aromatic heterocycles. The van der Waals surface area contributed by atoms with Crippen LogP contribution < -0.4 is 9.47 Å². The number of carboxylic acids is 1. The van der Waals surface area contributed by atoms with Crippen LogP contribution in [0.2, 0.25) is 0 Å². The summed E-state index contributed by atoms with van der Waals surface area (Å²) in [6, 6.07) is 3.89. The van der Waals surface area contributed by atoms with Crippen LogP contribution in [0.4, 0.5) is 9.59 Å². The van der Waals surface area contributed by atoms with Crippen LogP contribution in [0.15, 0.2) is 36.4 Å². The number of carboxylic acid groups (broad SMARTS) is 1. The van der Waals surface area contributed by atoms with Crippen LogP contribution in [0.3, 0.4) is 0 Å². The van der Waals surface area contributed by atoms with E-state index in [0.29, 0.717) is 12.2 Å². The molecule has 18 heteroatoms. The molecule has 0 aliphatic heterocycles. The van der Waals surface area contributed by atoms with E-state index in [0.717, 1.165) is 64.9 Å². The number of hydrogen-bond donors (Lipinski definition) is 5. The van der Waals surface area contributed by atoms with E-state index in [1.807, 2.05) is 0 Å².